The Kier molecular flexibility index (Phi) is 6.28. The summed E-state index contributed by atoms with van der Waals surface area (Å²) in [4.78, 5) is 10.4. The van der Waals surface area contributed by atoms with Crippen molar-refractivity contribution in [1.82, 2.24) is 15.6 Å². The Balaban J connectivity index is 1.47. The summed E-state index contributed by atoms with van der Waals surface area (Å²) in [5.74, 6) is 0.897. The van der Waals surface area contributed by atoms with Gasteiger partial charge in [0.2, 0.25) is 0 Å². The van der Waals surface area contributed by atoms with Gasteiger partial charge in [0.05, 0.1) is 0 Å². The third-order valence-electron chi connectivity index (χ3n) is 4.41. The number of nitrogens with one attached hydrogen (secondary N) is 2. The molecule has 2 aromatic rings. The van der Waals surface area contributed by atoms with Gasteiger partial charge in [-0.2, -0.15) is 0 Å². The zero-order valence-electron chi connectivity index (χ0n) is 14.8. The van der Waals surface area contributed by atoms with Gasteiger partial charge in [-0.15, -0.1) is 0 Å². The zero-order chi connectivity index (χ0) is 18.4. The first kappa shape index (κ1) is 18.5. The van der Waals surface area contributed by atoms with E-state index in [-0.39, 0.29) is 11.9 Å². The predicted molar refractivity (Wildman–Crippen MR) is 104 cm³/mol. The van der Waals surface area contributed by atoms with Crippen molar-refractivity contribution in [2.45, 2.75) is 18.9 Å². The van der Waals surface area contributed by atoms with Crippen molar-refractivity contribution in [2.75, 3.05) is 31.6 Å². The number of benzene rings is 1. The minimum Gasteiger partial charge on any atom is -0.356 e. The normalized spacial score (nSPS) is 17.4. The van der Waals surface area contributed by atoms with Crippen LogP contribution in [-0.4, -0.2) is 43.7 Å². The van der Waals surface area contributed by atoms with Crippen molar-refractivity contribution < 1.29 is 4.39 Å². The zero-order valence-corrected chi connectivity index (χ0v) is 15.5. The second-order valence-electron chi connectivity index (χ2n) is 6.26. The van der Waals surface area contributed by atoms with Gasteiger partial charge in [0, 0.05) is 43.9 Å². The second kappa shape index (κ2) is 8.85. The van der Waals surface area contributed by atoms with Crippen LogP contribution in [0.3, 0.4) is 0 Å². The SMILES string of the molecule is CN=C(NCCc1ccc(Cl)cc1)NC1CCN(c2ncccc2F)C1. The standard InChI is InChI=1S/C19H23ClFN5/c1-22-19(24-11-8-14-4-6-15(20)7-5-14)25-16-9-12-26(13-16)18-17(21)3-2-10-23-18/h2-7,10,16H,8-9,11-13H2,1H3,(H2,22,24,25). The van der Waals surface area contributed by atoms with Crippen LogP contribution in [0.5, 0.6) is 0 Å². The highest BCUT2D eigenvalue weighted by Gasteiger charge is 2.25. The third-order valence-corrected chi connectivity index (χ3v) is 4.66. The first-order chi connectivity index (χ1) is 12.7. The second-order valence-corrected chi connectivity index (χ2v) is 6.70. The number of rotatable bonds is 5. The highest BCUT2D eigenvalue weighted by atomic mass is 35.5. The lowest BCUT2D eigenvalue weighted by Gasteiger charge is -2.20. The Morgan fingerprint density at radius 2 is 2.15 bits per heavy atom. The maximum Gasteiger partial charge on any atom is 0.191 e. The fourth-order valence-corrected chi connectivity index (χ4v) is 3.17. The summed E-state index contributed by atoms with van der Waals surface area (Å²) in [6.07, 6.45) is 3.41. The summed E-state index contributed by atoms with van der Waals surface area (Å²) in [6.45, 7) is 2.24. The number of guanidine groups is 1. The molecule has 1 aliphatic heterocycles. The molecule has 0 amide bonds. The van der Waals surface area contributed by atoms with E-state index < -0.39 is 0 Å². The number of aromatic nitrogens is 1. The first-order valence-corrected chi connectivity index (χ1v) is 9.10. The lowest BCUT2D eigenvalue weighted by molar-refractivity contribution is 0.612. The van der Waals surface area contributed by atoms with Crippen molar-refractivity contribution in [3.8, 4) is 0 Å². The maximum atomic E-state index is 13.9. The van der Waals surface area contributed by atoms with Gasteiger partial charge < -0.3 is 15.5 Å². The summed E-state index contributed by atoms with van der Waals surface area (Å²) in [5, 5.41) is 7.47. The molecule has 138 valence electrons. The van der Waals surface area contributed by atoms with Gasteiger partial charge in [-0.1, -0.05) is 23.7 Å². The van der Waals surface area contributed by atoms with Gasteiger partial charge in [0.15, 0.2) is 17.6 Å². The maximum absolute atomic E-state index is 13.9. The molecule has 0 radical (unpaired) electrons. The Labute approximate surface area is 158 Å². The van der Waals surface area contributed by atoms with E-state index in [2.05, 4.69) is 20.6 Å². The molecule has 2 heterocycles. The van der Waals surface area contributed by atoms with Crippen molar-refractivity contribution in [2.24, 2.45) is 4.99 Å². The molecule has 1 fully saturated rings. The van der Waals surface area contributed by atoms with Crippen LogP contribution in [0.25, 0.3) is 0 Å². The summed E-state index contributed by atoms with van der Waals surface area (Å²) in [6, 6.07) is 11.1. The summed E-state index contributed by atoms with van der Waals surface area (Å²) in [7, 11) is 1.75. The van der Waals surface area contributed by atoms with Crippen LogP contribution in [0, 0.1) is 5.82 Å². The predicted octanol–water partition coefficient (Wildman–Crippen LogP) is 2.86. The Hall–Kier alpha value is -2.34. The number of hydrogen-bond donors (Lipinski definition) is 2. The van der Waals surface area contributed by atoms with Gasteiger partial charge in [0.1, 0.15) is 0 Å². The van der Waals surface area contributed by atoms with Gasteiger partial charge in [-0.25, -0.2) is 9.37 Å². The monoisotopic (exact) mass is 375 g/mol. The highest BCUT2D eigenvalue weighted by Crippen LogP contribution is 2.20. The molecule has 1 unspecified atom stereocenters. The molecule has 1 aromatic heterocycles. The molecule has 3 rings (SSSR count). The van der Waals surface area contributed by atoms with E-state index in [0.29, 0.717) is 12.4 Å². The molecule has 0 saturated carbocycles. The van der Waals surface area contributed by atoms with E-state index in [0.717, 1.165) is 36.9 Å². The topological polar surface area (TPSA) is 52.6 Å². The molecular formula is C19H23ClFN5. The van der Waals surface area contributed by atoms with Gasteiger partial charge in [0.25, 0.3) is 0 Å². The summed E-state index contributed by atoms with van der Waals surface area (Å²) >= 11 is 5.90. The minimum absolute atomic E-state index is 0.207. The van der Waals surface area contributed by atoms with Crippen LogP contribution >= 0.6 is 11.6 Å². The molecular weight excluding hydrogens is 353 g/mol. The number of hydrogen-bond acceptors (Lipinski definition) is 3. The molecule has 1 saturated heterocycles. The molecule has 2 N–H and O–H groups in total. The van der Waals surface area contributed by atoms with E-state index in [1.165, 1.54) is 11.6 Å². The van der Waals surface area contributed by atoms with Crippen molar-refractivity contribution in [3.63, 3.8) is 0 Å². The van der Waals surface area contributed by atoms with E-state index in [4.69, 9.17) is 11.6 Å². The number of halogens is 2. The van der Waals surface area contributed by atoms with Gasteiger partial charge in [-0.05, 0) is 42.7 Å². The van der Waals surface area contributed by atoms with Crippen molar-refractivity contribution in [1.29, 1.82) is 0 Å². The highest BCUT2D eigenvalue weighted by molar-refractivity contribution is 6.30. The van der Waals surface area contributed by atoms with E-state index in [9.17, 15) is 4.39 Å². The summed E-state index contributed by atoms with van der Waals surface area (Å²) in [5.41, 5.74) is 1.22. The molecule has 0 aliphatic carbocycles. The van der Waals surface area contributed by atoms with Gasteiger partial charge in [-0.3, -0.25) is 4.99 Å². The molecule has 5 nitrogen and oxygen atoms in total. The fourth-order valence-electron chi connectivity index (χ4n) is 3.04. The Morgan fingerprint density at radius 3 is 2.88 bits per heavy atom. The number of pyridine rings is 1. The molecule has 1 atom stereocenters. The number of nitrogens with zero attached hydrogens (tertiary/aromatic N) is 3. The average Bonchev–Trinajstić information content (AvgIpc) is 3.11. The molecule has 0 bridgehead atoms. The number of anilines is 1. The molecule has 26 heavy (non-hydrogen) atoms. The quantitative estimate of drug-likeness (QED) is 0.623. The smallest absolute Gasteiger partial charge is 0.191 e. The van der Waals surface area contributed by atoms with Crippen molar-refractivity contribution >= 4 is 23.4 Å². The average molecular weight is 376 g/mol. The Morgan fingerprint density at radius 1 is 1.35 bits per heavy atom. The largest absolute Gasteiger partial charge is 0.356 e. The fraction of sp³-hybridized carbons (Fsp3) is 0.368. The van der Waals surface area contributed by atoms with Crippen LogP contribution in [0.1, 0.15) is 12.0 Å². The molecule has 1 aliphatic rings. The molecule has 0 spiro atoms. The lowest BCUT2D eigenvalue weighted by atomic mass is 10.1. The van der Waals surface area contributed by atoms with Crippen LogP contribution in [0.15, 0.2) is 47.6 Å². The number of aliphatic imine (C=N–C) groups is 1. The van der Waals surface area contributed by atoms with Crippen LogP contribution in [0.4, 0.5) is 10.2 Å². The van der Waals surface area contributed by atoms with E-state index >= 15 is 0 Å². The van der Waals surface area contributed by atoms with Crippen LogP contribution in [0.2, 0.25) is 5.02 Å². The first-order valence-electron chi connectivity index (χ1n) is 8.73. The van der Waals surface area contributed by atoms with Crippen LogP contribution < -0.4 is 15.5 Å². The Bertz CT molecular complexity index is 750. The van der Waals surface area contributed by atoms with E-state index in [1.54, 1.807) is 19.3 Å². The van der Waals surface area contributed by atoms with E-state index in [1.807, 2.05) is 29.2 Å². The lowest BCUT2D eigenvalue weighted by Crippen LogP contribution is -2.45. The third kappa shape index (κ3) is 4.85. The van der Waals surface area contributed by atoms with Gasteiger partial charge >= 0.3 is 0 Å². The molecule has 1 aromatic carbocycles. The van der Waals surface area contributed by atoms with Crippen LogP contribution in [-0.2, 0) is 6.42 Å². The summed E-state index contributed by atoms with van der Waals surface area (Å²) < 4.78 is 13.9. The molecule has 7 heteroatoms. The van der Waals surface area contributed by atoms with Crippen molar-refractivity contribution in [3.05, 3.63) is 59.0 Å². The minimum atomic E-state index is -0.279.